The highest BCUT2D eigenvalue weighted by molar-refractivity contribution is 5.88. The van der Waals surface area contributed by atoms with E-state index in [1.807, 2.05) is 13.3 Å². The summed E-state index contributed by atoms with van der Waals surface area (Å²) < 4.78 is 0. The molecule has 0 saturated carbocycles. The van der Waals surface area contributed by atoms with Crippen LogP contribution in [0, 0.1) is 6.92 Å². The van der Waals surface area contributed by atoms with Crippen molar-refractivity contribution in [3.05, 3.63) is 88.5 Å². The number of nitrogens with zero attached hydrogens (tertiary/aromatic N) is 2. The van der Waals surface area contributed by atoms with E-state index in [0.29, 0.717) is 0 Å². The van der Waals surface area contributed by atoms with Crippen LogP contribution in [0.3, 0.4) is 0 Å². The first kappa shape index (κ1) is 38.8. The van der Waals surface area contributed by atoms with Gasteiger partial charge in [-0.1, -0.05) is 190 Å². The zero-order chi connectivity index (χ0) is 34.6. The predicted octanol–water partition coefficient (Wildman–Crippen LogP) is 14.7. The lowest BCUT2D eigenvalue weighted by atomic mass is 9.70. The molecule has 0 spiro atoms. The van der Waals surface area contributed by atoms with Crippen molar-refractivity contribution in [2.24, 2.45) is 9.98 Å². The van der Waals surface area contributed by atoms with E-state index in [1.165, 1.54) is 164 Å². The molecule has 2 nitrogen and oxygen atoms in total. The molecule has 0 unspecified atom stereocenters. The number of benzene rings is 3. The predicted molar refractivity (Wildman–Crippen MR) is 218 cm³/mol. The number of aryl methyl sites for hydroxylation is 1. The topological polar surface area (TPSA) is 24.7 Å². The van der Waals surface area contributed by atoms with Gasteiger partial charge in [0, 0.05) is 24.9 Å². The third kappa shape index (κ3) is 12.1. The second kappa shape index (κ2) is 22.0. The maximum absolute atomic E-state index is 4.90. The van der Waals surface area contributed by atoms with Crippen molar-refractivity contribution in [3.63, 3.8) is 0 Å². The Morgan fingerprint density at radius 1 is 0.490 bits per heavy atom. The van der Waals surface area contributed by atoms with Gasteiger partial charge in [0.2, 0.25) is 0 Å². The molecule has 0 heterocycles. The number of aliphatic imine (C=N–C) groups is 2. The maximum atomic E-state index is 4.90. The minimum absolute atomic E-state index is 0.0992. The molecule has 0 saturated heterocycles. The number of unbranched alkanes of at least 4 members (excludes halogenated alkanes) is 18. The molecule has 49 heavy (non-hydrogen) atoms. The lowest BCUT2D eigenvalue weighted by Gasteiger charge is -2.33. The van der Waals surface area contributed by atoms with Gasteiger partial charge in [0.05, 0.1) is 5.69 Å². The molecule has 0 fully saturated rings. The highest BCUT2D eigenvalue weighted by Gasteiger charge is 2.42. The van der Waals surface area contributed by atoms with Crippen molar-refractivity contribution in [2.45, 2.75) is 167 Å². The second-order valence-corrected chi connectivity index (χ2v) is 15.0. The summed E-state index contributed by atoms with van der Waals surface area (Å²) in [5.74, 6) is 0. The van der Waals surface area contributed by atoms with E-state index in [4.69, 9.17) is 4.99 Å². The fourth-order valence-corrected chi connectivity index (χ4v) is 8.14. The second-order valence-electron chi connectivity index (χ2n) is 15.0. The Labute approximate surface area is 301 Å². The first-order valence-electron chi connectivity index (χ1n) is 20.4. The molecule has 4 rings (SSSR count). The summed E-state index contributed by atoms with van der Waals surface area (Å²) in [7, 11) is 1.81. The third-order valence-corrected chi connectivity index (χ3v) is 11.0. The average Bonchev–Trinajstić information content (AvgIpc) is 3.37. The molecule has 266 valence electrons. The van der Waals surface area contributed by atoms with Gasteiger partial charge in [-0.15, -0.1) is 0 Å². The van der Waals surface area contributed by atoms with Crippen LogP contribution in [-0.4, -0.2) is 19.5 Å². The van der Waals surface area contributed by atoms with Crippen molar-refractivity contribution in [1.29, 1.82) is 0 Å². The molecule has 0 aromatic heterocycles. The van der Waals surface area contributed by atoms with Crippen LogP contribution in [0.25, 0.3) is 11.1 Å². The van der Waals surface area contributed by atoms with Gasteiger partial charge in [-0.2, -0.15) is 0 Å². The third-order valence-electron chi connectivity index (χ3n) is 11.0. The van der Waals surface area contributed by atoms with E-state index >= 15 is 0 Å². The van der Waals surface area contributed by atoms with Gasteiger partial charge in [0.1, 0.15) is 0 Å². The molecule has 0 radical (unpaired) electrons. The van der Waals surface area contributed by atoms with Gasteiger partial charge in [-0.25, -0.2) is 0 Å². The first-order chi connectivity index (χ1) is 24.1. The van der Waals surface area contributed by atoms with Gasteiger partial charge in [0.25, 0.3) is 0 Å². The summed E-state index contributed by atoms with van der Waals surface area (Å²) in [6, 6.07) is 22.8. The molecule has 0 bridgehead atoms. The van der Waals surface area contributed by atoms with Gasteiger partial charge in [0.15, 0.2) is 0 Å². The summed E-state index contributed by atoms with van der Waals surface area (Å²) in [4.78, 5) is 9.04. The normalized spacial score (nSPS) is 13.5. The molecule has 3 aromatic carbocycles. The van der Waals surface area contributed by atoms with Crippen molar-refractivity contribution in [3.8, 4) is 11.1 Å². The Hall–Kier alpha value is -3.00. The lowest BCUT2D eigenvalue weighted by Crippen LogP contribution is -2.26. The molecular formula is C47H68N2. The fraction of sp³-hybridized carbons (Fsp3) is 0.574. The van der Waals surface area contributed by atoms with E-state index in [1.54, 1.807) is 11.1 Å². The van der Waals surface area contributed by atoms with Crippen LogP contribution in [0.2, 0.25) is 0 Å². The summed E-state index contributed by atoms with van der Waals surface area (Å²) in [5, 5.41) is 0. The van der Waals surface area contributed by atoms with E-state index in [-0.39, 0.29) is 5.41 Å². The Balaban J connectivity index is 1.49. The van der Waals surface area contributed by atoms with E-state index in [2.05, 4.69) is 92.6 Å². The van der Waals surface area contributed by atoms with Gasteiger partial charge in [-0.3, -0.25) is 9.98 Å². The number of hydrogen-bond acceptors (Lipinski definition) is 2. The minimum Gasteiger partial charge on any atom is -0.296 e. The smallest absolute Gasteiger partial charge is 0.0630 e. The molecule has 1 aliphatic carbocycles. The molecule has 1 aliphatic rings. The SMILES string of the molecule is CCCCCCCCCCCCC1(CCCCCCCCCCCC)c2cc(C)ccc2-c2ccc(C=Nc3ccc(C=NC)cc3)cc21. The monoisotopic (exact) mass is 661 g/mol. The zero-order valence-electron chi connectivity index (χ0n) is 31.9. The minimum atomic E-state index is 0.0992. The van der Waals surface area contributed by atoms with Gasteiger partial charge < -0.3 is 0 Å². The Morgan fingerprint density at radius 2 is 0.939 bits per heavy atom. The highest BCUT2D eigenvalue weighted by atomic mass is 14.7. The van der Waals surface area contributed by atoms with Crippen LogP contribution in [0.5, 0.6) is 0 Å². The average molecular weight is 661 g/mol. The van der Waals surface area contributed by atoms with E-state index in [9.17, 15) is 0 Å². The lowest BCUT2D eigenvalue weighted by molar-refractivity contribution is 0.396. The molecule has 3 aromatic rings. The van der Waals surface area contributed by atoms with Crippen molar-refractivity contribution >= 4 is 18.1 Å². The summed E-state index contributed by atoms with van der Waals surface area (Å²) in [5.41, 5.74) is 10.9. The summed E-state index contributed by atoms with van der Waals surface area (Å²) in [6.45, 7) is 6.90. The number of rotatable bonds is 25. The van der Waals surface area contributed by atoms with Gasteiger partial charge in [-0.05, 0) is 71.3 Å². The molecule has 2 heteroatoms. The Kier molecular flexibility index (Phi) is 17.4. The van der Waals surface area contributed by atoms with Crippen molar-refractivity contribution in [1.82, 2.24) is 0 Å². The van der Waals surface area contributed by atoms with Crippen LogP contribution < -0.4 is 0 Å². The van der Waals surface area contributed by atoms with Crippen LogP contribution in [0.4, 0.5) is 5.69 Å². The van der Waals surface area contributed by atoms with Crippen LogP contribution >= 0.6 is 0 Å². The fourth-order valence-electron chi connectivity index (χ4n) is 8.14. The van der Waals surface area contributed by atoms with Gasteiger partial charge >= 0.3 is 0 Å². The molecule has 0 N–H and O–H groups in total. The standard InChI is InChI=1S/C47H68N2/c1-5-7-9-11-13-15-17-19-21-23-33-47(34-24-22-20-18-16-14-12-10-8-6-2)45-35-39(3)25-31-43(45)44-32-28-41(36-46(44)47)38-49-42-29-26-40(27-30-42)37-48-4/h25-32,35-38H,5-24,33-34H2,1-4H3. The Bertz CT molecular complexity index is 1390. The Morgan fingerprint density at radius 3 is 1.45 bits per heavy atom. The molecule has 0 atom stereocenters. The highest BCUT2D eigenvalue weighted by Crippen LogP contribution is 2.54. The first-order valence-corrected chi connectivity index (χ1v) is 20.4. The zero-order valence-corrected chi connectivity index (χ0v) is 31.9. The van der Waals surface area contributed by atoms with Crippen molar-refractivity contribution < 1.29 is 0 Å². The molecule has 0 aliphatic heterocycles. The number of fused-ring (bicyclic) bond motifs is 3. The van der Waals surface area contributed by atoms with Crippen LogP contribution in [-0.2, 0) is 5.41 Å². The maximum Gasteiger partial charge on any atom is 0.0630 e. The quantitative estimate of drug-likeness (QED) is 0.0638. The number of hydrogen-bond donors (Lipinski definition) is 0. The molecular weight excluding hydrogens is 593 g/mol. The van der Waals surface area contributed by atoms with Crippen molar-refractivity contribution in [2.75, 3.05) is 7.05 Å². The molecule has 0 amide bonds. The van der Waals surface area contributed by atoms with E-state index in [0.717, 1.165) is 11.3 Å². The van der Waals surface area contributed by atoms with Crippen LogP contribution in [0.1, 0.15) is 183 Å². The summed E-state index contributed by atoms with van der Waals surface area (Å²) >= 11 is 0. The summed E-state index contributed by atoms with van der Waals surface area (Å²) in [6.07, 6.45) is 34.2. The van der Waals surface area contributed by atoms with Crippen LogP contribution in [0.15, 0.2) is 70.6 Å². The largest absolute Gasteiger partial charge is 0.296 e. The van der Waals surface area contributed by atoms with E-state index < -0.39 is 0 Å².